The van der Waals surface area contributed by atoms with E-state index in [-0.39, 0.29) is 17.3 Å². The molecular formula is C15H7Br2NO3S. The largest absolute Gasteiger partial charge is 0.450 e. The van der Waals surface area contributed by atoms with E-state index in [1.165, 1.54) is 11.3 Å². The second kappa shape index (κ2) is 4.59. The van der Waals surface area contributed by atoms with Crippen molar-refractivity contribution in [1.29, 1.82) is 0 Å². The smallest absolute Gasteiger partial charge is 0.230 e. The Morgan fingerprint density at radius 1 is 1.05 bits per heavy atom. The standard InChI is InChI=1S/C15H7Br2NO3S/c1-4-3-18-5(2)7-6(4)11(20)12-8(10(7)19)9-13(21-12)15(17)22-14(9)16/h3H,1-2H3. The molecule has 110 valence electrons. The fourth-order valence-corrected chi connectivity index (χ4v) is 5.79. The highest BCUT2D eigenvalue weighted by Gasteiger charge is 2.39. The summed E-state index contributed by atoms with van der Waals surface area (Å²) in [5, 5.41) is 0.650. The summed E-state index contributed by atoms with van der Waals surface area (Å²) in [5.41, 5.74) is 2.88. The molecule has 1 aliphatic carbocycles. The molecular weight excluding hydrogens is 434 g/mol. The number of aryl methyl sites for hydroxylation is 2. The molecule has 0 bridgehead atoms. The van der Waals surface area contributed by atoms with Crippen LogP contribution in [0.2, 0.25) is 0 Å². The second-order valence-electron chi connectivity index (χ2n) is 5.09. The number of aromatic nitrogens is 1. The number of halogens is 2. The van der Waals surface area contributed by atoms with Gasteiger partial charge in [0.25, 0.3) is 0 Å². The van der Waals surface area contributed by atoms with Crippen molar-refractivity contribution in [2.24, 2.45) is 0 Å². The van der Waals surface area contributed by atoms with E-state index in [1.54, 1.807) is 20.0 Å². The van der Waals surface area contributed by atoms with E-state index in [0.29, 0.717) is 38.9 Å². The molecule has 0 amide bonds. The van der Waals surface area contributed by atoms with E-state index in [2.05, 4.69) is 36.8 Å². The Balaban J connectivity index is 2.17. The number of pyridine rings is 1. The lowest BCUT2D eigenvalue weighted by atomic mass is 9.85. The van der Waals surface area contributed by atoms with Crippen LogP contribution in [0.25, 0.3) is 11.0 Å². The number of thiophene rings is 1. The zero-order chi connectivity index (χ0) is 15.8. The summed E-state index contributed by atoms with van der Waals surface area (Å²) >= 11 is 8.27. The molecule has 4 rings (SSSR count). The fourth-order valence-electron chi connectivity index (χ4n) is 2.82. The van der Waals surface area contributed by atoms with Crippen molar-refractivity contribution in [2.45, 2.75) is 13.8 Å². The molecule has 0 aliphatic heterocycles. The molecule has 3 aromatic heterocycles. The third kappa shape index (κ3) is 1.64. The van der Waals surface area contributed by atoms with E-state index in [1.807, 2.05) is 0 Å². The Kier molecular flexibility index (Phi) is 2.99. The van der Waals surface area contributed by atoms with Crippen LogP contribution in [0.4, 0.5) is 0 Å². The van der Waals surface area contributed by atoms with Gasteiger partial charge in [0.2, 0.25) is 5.78 Å². The first-order chi connectivity index (χ1) is 10.4. The number of fused-ring (bicyclic) bond motifs is 4. The summed E-state index contributed by atoms with van der Waals surface area (Å²) < 4.78 is 7.24. The van der Waals surface area contributed by atoms with Crippen molar-refractivity contribution in [3.63, 3.8) is 0 Å². The SMILES string of the molecule is Cc1cnc(C)c2c1C(=O)c1oc3c(Br)sc(Br)c3c1C2=O. The van der Waals surface area contributed by atoms with E-state index < -0.39 is 0 Å². The first kappa shape index (κ1) is 14.3. The Morgan fingerprint density at radius 2 is 1.77 bits per heavy atom. The molecule has 7 heteroatoms. The van der Waals surface area contributed by atoms with Gasteiger partial charge in [-0.25, -0.2) is 0 Å². The average molecular weight is 441 g/mol. The summed E-state index contributed by atoms with van der Waals surface area (Å²) in [6.45, 7) is 3.52. The van der Waals surface area contributed by atoms with Crippen LogP contribution in [0, 0.1) is 13.8 Å². The zero-order valence-corrected chi connectivity index (χ0v) is 15.4. The van der Waals surface area contributed by atoms with Gasteiger partial charge in [0, 0.05) is 17.5 Å². The quantitative estimate of drug-likeness (QED) is 0.393. The van der Waals surface area contributed by atoms with Gasteiger partial charge in [-0.15, -0.1) is 11.3 Å². The first-order valence-electron chi connectivity index (χ1n) is 6.37. The molecule has 3 aromatic rings. The van der Waals surface area contributed by atoms with Crippen molar-refractivity contribution in [1.82, 2.24) is 4.98 Å². The predicted molar refractivity (Wildman–Crippen MR) is 90.1 cm³/mol. The van der Waals surface area contributed by atoms with Gasteiger partial charge in [-0.05, 0) is 51.3 Å². The maximum Gasteiger partial charge on any atom is 0.230 e. The fraction of sp³-hybridized carbons (Fsp3) is 0.133. The molecule has 0 N–H and O–H groups in total. The molecule has 0 fully saturated rings. The lowest BCUT2D eigenvalue weighted by molar-refractivity contribution is 0.0960. The summed E-state index contributed by atoms with van der Waals surface area (Å²) in [7, 11) is 0. The molecule has 4 nitrogen and oxygen atoms in total. The van der Waals surface area contributed by atoms with Crippen LogP contribution in [-0.2, 0) is 0 Å². The van der Waals surface area contributed by atoms with Crippen LogP contribution in [0.3, 0.4) is 0 Å². The zero-order valence-electron chi connectivity index (χ0n) is 11.4. The van der Waals surface area contributed by atoms with Crippen molar-refractivity contribution < 1.29 is 14.0 Å². The lowest BCUT2D eigenvalue weighted by Crippen LogP contribution is -2.22. The van der Waals surface area contributed by atoms with Crippen LogP contribution in [0.1, 0.15) is 43.3 Å². The molecule has 0 atom stereocenters. The molecule has 1 aliphatic rings. The molecule has 0 saturated carbocycles. The minimum absolute atomic E-state index is 0.116. The highest BCUT2D eigenvalue weighted by Crippen LogP contribution is 2.46. The van der Waals surface area contributed by atoms with Crippen LogP contribution in [-0.4, -0.2) is 16.6 Å². The van der Waals surface area contributed by atoms with Gasteiger partial charge in [-0.2, -0.15) is 0 Å². The number of carbonyl (C=O) groups is 2. The number of rotatable bonds is 0. The number of hydrogen-bond acceptors (Lipinski definition) is 5. The van der Waals surface area contributed by atoms with Crippen molar-refractivity contribution in [2.75, 3.05) is 0 Å². The van der Waals surface area contributed by atoms with Gasteiger partial charge in [0.05, 0.1) is 20.3 Å². The van der Waals surface area contributed by atoms with Gasteiger partial charge in [0.15, 0.2) is 17.1 Å². The number of ketones is 2. The molecule has 0 radical (unpaired) electrons. The Morgan fingerprint density at radius 3 is 2.50 bits per heavy atom. The van der Waals surface area contributed by atoms with Gasteiger partial charge < -0.3 is 4.42 Å². The van der Waals surface area contributed by atoms with Gasteiger partial charge in [-0.3, -0.25) is 14.6 Å². The maximum absolute atomic E-state index is 13.0. The number of nitrogens with zero attached hydrogens (tertiary/aromatic N) is 1. The third-order valence-corrected chi connectivity index (χ3v) is 6.28. The van der Waals surface area contributed by atoms with Crippen molar-refractivity contribution in [3.05, 3.63) is 47.5 Å². The molecule has 0 unspecified atom stereocenters. The highest BCUT2D eigenvalue weighted by molar-refractivity contribution is 9.12. The molecule has 0 spiro atoms. The molecule has 3 heterocycles. The van der Waals surface area contributed by atoms with Gasteiger partial charge in [-0.1, -0.05) is 0 Å². The summed E-state index contributed by atoms with van der Waals surface area (Å²) in [5.74, 6) is -0.346. The summed E-state index contributed by atoms with van der Waals surface area (Å²) in [6.07, 6.45) is 1.61. The minimum Gasteiger partial charge on any atom is -0.450 e. The van der Waals surface area contributed by atoms with E-state index >= 15 is 0 Å². The second-order valence-corrected chi connectivity index (χ2v) is 8.75. The predicted octanol–water partition coefficient (Wildman–Crippen LogP) is 4.81. The Hall–Kier alpha value is -1.31. The molecule has 0 saturated heterocycles. The first-order valence-corrected chi connectivity index (χ1v) is 8.78. The topological polar surface area (TPSA) is 60.2 Å². The molecule has 0 aromatic carbocycles. The monoisotopic (exact) mass is 439 g/mol. The van der Waals surface area contributed by atoms with E-state index in [4.69, 9.17) is 4.42 Å². The normalized spacial score (nSPS) is 13.6. The number of carbonyl (C=O) groups excluding carboxylic acids is 2. The summed E-state index contributed by atoms with van der Waals surface area (Å²) in [4.78, 5) is 30.0. The molecule has 22 heavy (non-hydrogen) atoms. The van der Waals surface area contributed by atoms with E-state index in [0.717, 1.165) is 7.57 Å². The van der Waals surface area contributed by atoms with Crippen LogP contribution in [0.5, 0.6) is 0 Å². The Labute approximate surface area is 145 Å². The lowest BCUT2D eigenvalue weighted by Gasteiger charge is -2.17. The number of hydrogen-bond donors (Lipinski definition) is 0. The average Bonchev–Trinajstić information content (AvgIpc) is 2.99. The van der Waals surface area contributed by atoms with Crippen molar-refractivity contribution >= 4 is 65.7 Å². The van der Waals surface area contributed by atoms with Gasteiger partial charge in [0.1, 0.15) is 3.79 Å². The van der Waals surface area contributed by atoms with Crippen LogP contribution >= 0.6 is 43.2 Å². The van der Waals surface area contributed by atoms with Gasteiger partial charge >= 0.3 is 0 Å². The van der Waals surface area contributed by atoms with Crippen molar-refractivity contribution in [3.8, 4) is 0 Å². The third-order valence-electron chi connectivity index (χ3n) is 3.81. The highest BCUT2D eigenvalue weighted by atomic mass is 79.9. The Bertz CT molecular complexity index is 1020. The van der Waals surface area contributed by atoms with E-state index in [9.17, 15) is 9.59 Å². The minimum atomic E-state index is -0.257. The van der Waals surface area contributed by atoms with Crippen LogP contribution < -0.4 is 0 Å². The maximum atomic E-state index is 13.0. The summed E-state index contributed by atoms with van der Waals surface area (Å²) in [6, 6.07) is 0. The number of furan rings is 1. The van der Waals surface area contributed by atoms with Crippen LogP contribution in [0.15, 0.2) is 18.2 Å².